The van der Waals surface area contributed by atoms with Gasteiger partial charge < -0.3 is 20.9 Å². The zero-order chi connectivity index (χ0) is 20.9. The van der Waals surface area contributed by atoms with Crippen LogP contribution in [-0.4, -0.2) is 36.4 Å². The molecule has 2 aromatic rings. The molecule has 0 aliphatic heterocycles. The van der Waals surface area contributed by atoms with E-state index >= 15 is 0 Å². The van der Waals surface area contributed by atoms with Crippen LogP contribution in [0, 0.1) is 0 Å². The van der Waals surface area contributed by atoms with Gasteiger partial charge in [-0.2, -0.15) is 0 Å². The number of aromatic nitrogens is 1. The second kappa shape index (κ2) is 13.8. The fourth-order valence-electron chi connectivity index (χ4n) is 2.99. The summed E-state index contributed by atoms with van der Waals surface area (Å²) in [6.45, 7) is 2.94. The first-order valence-corrected chi connectivity index (χ1v) is 10.9. The van der Waals surface area contributed by atoms with Crippen LogP contribution in [0.15, 0.2) is 36.7 Å². The van der Waals surface area contributed by atoms with Gasteiger partial charge in [-0.15, -0.1) is 0 Å². The van der Waals surface area contributed by atoms with Gasteiger partial charge in [0.05, 0.1) is 21.8 Å². The van der Waals surface area contributed by atoms with Crippen LogP contribution in [0.25, 0.3) is 0 Å². The number of nitrogens with one attached hydrogen (secondary N) is 1. The summed E-state index contributed by atoms with van der Waals surface area (Å²) in [5.41, 5.74) is 8.04. The van der Waals surface area contributed by atoms with Crippen LogP contribution in [-0.2, 0) is 11.2 Å². The molecule has 1 aromatic carbocycles. The summed E-state index contributed by atoms with van der Waals surface area (Å²) in [7, 11) is 0. The number of unbranched alkanes of at least 4 members (excludes halogenated alkanes) is 3. The summed E-state index contributed by atoms with van der Waals surface area (Å²) in [5, 5.41) is 14.2. The average molecular weight is 440 g/mol. The molecule has 0 fully saturated rings. The number of halogens is 2. The highest BCUT2D eigenvalue weighted by Gasteiger charge is 2.11. The van der Waals surface area contributed by atoms with E-state index in [0.29, 0.717) is 27.8 Å². The van der Waals surface area contributed by atoms with Crippen molar-refractivity contribution in [2.45, 2.75) is 44.6 Å². The molecule has 0 aliphatic rings. The van der Waals surface area contributed by atoms with Gasteiger partial charge in [0.25, 0.3) is 0 Å². The molecule has 2 rings (SSSR count). The van der Waals surface area contributed by atoms with Crippen molar-refractivity contribution in [3.8, 4) is 0 Å². The molecule has 0 bridgehead atoms. The van der Waals surface area contributed by atoms with E-state index < -0.39 is 6.10 Å². The van der Waals surface area contributed by atoms with Crippen LogP contribution in [0.3, 0.4) is 0 Å². The van der Waals surface area contributed by atoms with Gasteiger partial charge >= 0.3 is 0 Å². The molecule has 1 atom stereocenters. The number of nitrogens with zero attached hydrogens (tertiary/aromatic N) is 1. The number of anilines is 1. The average Bonchev–Trinajstić information content (AvgIpc) is 2.73. The second-order valence-electron chi connectivity index (χ2n) is 7.10. The van der Waals surface area contributed by atoms with Crippen LogP contribution in [0.4, 0.5) is 5.69 Å². The number of pyridine rings is 1. The molecule has 0 radical (unpaired) electrons. The molecule has 1 aromatic heterocycles. The summed E-state index contributed by atoms with van der Waals surface area (Å²) in [5.74, 6) is 0. The number of hydrogen-bond acceptors (Lipinski definition) is 5. The van der Waals surface area contributed by atoms with Gasteiger partial charge in [-0.05, 0) is 67.6 Å². The highest BCUT2D eigenvalue weighted by molar-refractivity contribution is 6.38. The van der Waals surface area contributed by atoms with Gasteiger partial charge in [0, 0.05) is 32.2 Å². The lowest BCUT2D eigenvalue weighted by molar-refractivity contribution is 0.127. The van der Waals surface area contributed by atoms with Crippen LogP contribution in [0.2, 0.25) is 10.0 Å². The number of benzene rings is 1. The Bertz CT molecular complexity index is 693. The molecule has 4 N–H and O–H groups in total. The third-order valence-electron chi connectivity index (χ3n) is 4.72. The Kier molecular flexibility index (Phi) is 11.4. The van der Waals surface area contributed by atoms with Gasteiger partial charge in [0.15, 0.2) is 0 Å². The first-order chi connectivity index (χ1) is 14.1. The number of hydrogen-bond donors (Lipinski definition) is 3. The Balaban J connectivity index is 1.42. The maximum absolute atomic E-state index is 10.2. The van der Waals surface area contributed by atoms with Gasteiger partial charge in [0.1, 0.15) is 0 Å². The number of aryl methyl sites for hydroxylation is 1. The van der Waals surface area contributed by atoms with Crippen LogP contribution in [0.1, 0.15) is 49.3 Å². The minimum Gasteiger partial charge on any atom is -0.396 e. The number of ether oxygens (including phenoxy) is 1. The summed E-state index contributed by atoms with van der Waals surface area (Å²) in [4.78, 5) is 4.02. The van der Waals surface area contributed by atoms with Crippen molar-refractivity contribution in [3.05, 3.63) is 57.8 Å². The van der Waals surface area contributed by atoms with Crippen LogP contribution < -0.4 is 11.1 Å². The van der Waals surface area contributed by atoms with Gasteiger partial charge in [0.2, 0.25) is 0 Å². The van der Waals surface area contributed by atoms with Crippen molar-refractivity contribution in [1.29, 1.82) is 0 Å². The predicted molar refractivity (Wildman–Crippen MR) is 121 cm³/mol. The molecule has 0 saturated heterocycles. The van der Waals surface area contributed by atoms with E-state index in [1.807, 2.05) is 24.5 Å². The molecule has 7 heteroatoms. The first-order valence-electron chi connectivity index (χ1n) is 10.2. The second-order valence-corrected chi connectivity index (χ2v) is 7.92. The molecule has 0 amide bonds. The quantitative estimate of drug-likeness (QED) is 0.290. The number of nitrogens with two attached hydrogens (primary N) is 1. The topological polar surface area (TPSA) is 80.4 Å². The Labute approximate surface area is 183 Å². The zero-order valence-electron chi connectivity index (χ0n) is 16.7. The fourth-order valence-corrected chi connectivity index (χ4v) is 3.49. The first kappa shape index (κ1) is 23.9. The number of nitrogen functional groups attached to an aromatic ring is 1. The molecular weight excluding hydrogens is 409 g/mol. The van der Waals surface area contributed by atoms with Crippen molar-refractivity contribution >= 4 is 28.9 Å². The minimum atomic E-state index is -0.661. The van der Waals surface area contributed by atoms with E-state index in [1.165, 1.54) is 5.56 Å². The van der Waals surface area contributed by atoms with E-state index in [2.05, 4.69) is 10.3 Å². The van der Waals surface area contributed by atoms with E-state index in [9.17, 15) is 5.11 Å². The Morgan fingerprint density at radius 1 is 1.00 bits per heavy atom. The lowest BCUT2D eigenvalue weighted by Gasteiger charge is -2.14. The third kappa shape index (κ3) is 9.32. The monoisotopic (exact) mass is 439 g/mol. The zero-order valence-corrected chi connectivity index (χ0v) is 18.3. The molecule has 29 heavy (non-hydrogen) atoms. The Morgan fingerprint density at radius 2 is 1.66 bits per heavy atom. The summed E-state index contributed by atoms with van der Waals surface area (Å²) >= 11 is 12.0. The van der Waals surface area contributed by atoms with Crippen molar-refractivity contribution < 1.29 is 9.84 Å². The standard InChI is InChI=1S/C22H31Cl2N3O2/c23-19-14-18(15-20(24)22(19)25)21(28)16-27-9-3-1-2-4-12-29-13-5-6-17-7-10-26-11-8-17/h7-8,10-11,14-15,21,27-28H,1-6,9,12-13,16,25H2. The summed E-state index contributed by atoms with van der Waals surface area (Å²) in [6, 6.07) is 7.42. The normalized spacial score (nSPS) is 12.2. The summed E-state index contributed by atoms with van der Waals surface area (Å²) < 4.78 is 5.70. The summed E-state index contributed by atoms with van der Waals surface area (Å²) in [6.07, 6.45) is 9.52. The van der Waals surface area contributed by atoms with Crippen molar-refractivity contribution in [2.75, 3.05) is 32.0 Å². The number of rotatable bonds is 14. The van der Waals surface area contributed by atoms with Crippen molar-refractivity contribution in [3.63, 3.8) is 0 Å². The predicted octanol–water partition coefficient (Wildman–Crippen LogP) is 4.80. The van der Waals surface area contributed by atoms with E-state index in [1.54, 1.807) is 12.1 Å². The molecule has 160 valence electrons. The molecule has 0 saturated carbocycles. The smallest absolute Gasteiger partial charge is 0.0915 e. The molecule has 5 nitrogen and oxygen atoms in total. The minimum absolute atomic E-state index is 0.343. The number of aliphatic hydroxyl groups is 1. The largest absolute Gasteiger partial charge is 0.396 e. The maximum Gasteiger partial charge on any atom is 0.0915 e. The maximum atomic E-state index is 10.2. The van der Waals surface area contributed by atoms with Gasteiger partial charge in [-0.3, -0.25) is 4.98 Å². The van der Waals surface area contributed by atoms with E-state index in [-0.39, 0.29) is 0 Å². The number of aliphatic hydroxyl groups excluding tert-OH is 1. The third-order valence-corrected chi connectivity index (χ3v) is 5.34. The van der Waals surface area contributed by atoms with Crippen molar-refractivity contribution in [1.82, 2.24) is 10.3 Å². The molecule has 1 unspecified atom stereocenters. The molecule has 1 heterocycles. The van der Waals surface area contributed by atoms with E-state index in [0.717, 1.165) is 58.3 Å². The van der Waals surface area contributed by atoms with Gasteiger partial charge in [-0.25, -0.2) is 0 Å². The highest BCUT2D eigenvalue weighted by atomic mass is 35.5. The molecular formula is C22H31Cl2N3O2. The molecule has 0 aliphatic carbocycles. The van der Waals surface area contributed by atoms with E-state index in [4.69, 9.17) is 33.7 Å². The highest BCUT2D eigenvalue weighted by Crippen LogP contribution is 2.31. The fraction of sp³-hybridized carbons (Fsp3) is 0.500. The van der Waals surface area contributed by atoms with Crippen LogP contribution >= 0.6 is 23.2 Å². The molecule has 0 spiro atoms. The Morgan fingerprint density at radius 3 is 2.38 bits per heavy atom. The Hall–Kier alpha value is -1.37. The SMILES string of the molecule is Nc1c(Cl)cc(C(O)CNCCCCCCOCCCc2ccncc2)cc1Cl. The lowest BCUT2D eigenvalue weighted by Crippen LogP contribution is -2.22. The van der Waals surface area contributed by atoms with Crippen LogP contribution in [0.5, 0.6) is 0 Å². The van der Waals surface area contributed by atoms with Crippen molar-refractivity contribution in [2.24, 2.45) is 0 Å². The van der Waals surface area contributed by atoms with Gasteiger partial charge in [-0.1, -0.05) is 36.0 Å². The lowest BCUT2D eigenvalue weighted by atomic mass is 10.1.